The minimum atomic E-state index is -2.15. The van der Waals surface area contributed by atoms with Gasteiger partial charge in [-0.1, -0.05) is 85.8 Å². The minimum Gasteiger partial charge on any atom is -0.362 e. The molecule has 0 heterocycles. The highest BCUT2D eigenvalue weighted by Gasteiger charge is 2.22. The fourth-order valence-corrected chi connectivity index (χ4v) is 5.91. The summed E-state index contributed by atoms with van der Waals surface area (Å²) in [5, 5.41) is 9.58. The molecular weight excluding hydrogens is 327 g/mol. The molecule has 0 saturated carbocycles. The molecule has 0 aliphatic heterocycles. The average molecular weight is 348 g/mol. The van der Waals surface area contributed by atoms with Gasteiger partial charge in [0.05, 0.1) is 6.19 Å². The van der Waals surface area contributed by atoms with E-state index in [1.807, 2.05) is 36.4 Å². The Morgan fingerprint density at radius 3 is 1.91 bits per heavy atom. The van der Waals surface area contributed by atoms with Crippen molar-refractivity contribution in [3.63, 3.8) is 0 Å². The number of unbranched alkanes of at least 4 members (excludes halogenated alkanes) is 1. The molecule has 22 heavy (non-hydrogen) atoms. The van der Waals surface area contributed by atoms with Gasteiger partial charge in [0, 0.05) is 17.2 Å². The molecule has 0 atom stereocenters. The van der Waals surface area contributed by atoms with Crippen LogP contribution in [0.3, 0.4) is 0 Å². The molecule has 0 aliphatic rings. The number of thiocarbonyl (C=S) groups is 1. The lowest BCUT2D eigenvalue weighted by atomic mass is 10.3. The number of benzene rings is 2. The third-order valence-corrected chi connectivity index (χ3v) is 7.84. The van der Waals surface area contributed by atoms with Crippen LogP contribution >= 0.6 is 18.4 Å². The monoisotopic (exact) mass is 348 g/mol. The Morgan fingerprint density at radius 2 is 1.45 bits per heavy atom. The maximum Gasteiger partial charge on any atom is 0.170 e. The van der Waals surface area contributed by atoms with Crippen LogP contribution in [-0.4, -0.2) is 11.7 Å². The molecule has 0 fully saturated rings. The van der Waals surface area contributed by atoms with Gasteiger partial charge in [0.15, 0.2) is 5.11 Å². The van der Waals surface area contributed by atoms with E-state index in [2.05, 4.69) is 41.6 Å². The zero-order valence-corrected chi connectivity index (χ0v) is 15.2. The minimum absolute atomic E-state index is 0.643. The van der Waals surface area contributed by atoms with Crippen LogP contribution in [0.5, 0.6) is 0 Å². The lowest BCUT2D eigenvalue weighted by Crippen LogP contribution is -2.39. The van der Waals surface area contributed by atoms with Crippen molar-refractivity contribution in [1.82, 2.24) is 10.4 Å². The van der Waals surface area contributed by atoms with Crippen molar-refractivity contribution in [3.8, 4) is 0 Å². The van der Waals surface area contributed by atoms with Crippen molar-refractivity contribution >= 4 is 45.9 Å². The summed E-state index contributed by atoms with van der Waals surface area (Å²) in [5.74, 6) is 0. The van der Waals surface area contributed by atoms with E-state index in [4.69, 9.17) is 24.0 Å². The van der Waals surface area contributed by atoms with Crippen LogP contribution in [0.1, 0.15) is 19.8 Å². The molecule has 2 aromatic carbocycles. The van der Waals surface area contributed by atoms with Gasteiger partial charge in [-0.25, -0.2) is 0 Å². The first-order valence-corrected chi connectivity index (χ1v) is 10.7. The fourth-order valence-electron chi connectivity index (χ4n) is 2.12. The van der Waals surface area contributed by atoms with E-state index < -0.39 is 6.19 Å². The Labute approximate surface area is 143 Å². The molecule has 0 aliphatic carbocycles. The Balaban J connectivity index is 2.27. The van der Waals surface area contributed by atoms with E-state index in [0.717, 1.165) is 30.0 Å². The highest BCUT2D eigenvalue weighted by molar-refractivity contribution is 8.21. The van der Waals surface area contributed by atoms with Crippen LogP contribution < -0.4 is 21.0 Å². The number of rotatable bonds is 6. The topological polar surface area (TPSA) is 24.1 Å². The first-order valence-electron chi connectivity index (χ1n) is 7.44. The molecular formula is C17H21N2PS2. The van der Waals surface area contributed by atoms with Crippen molar-refractivity contribution in [2.75, 3.05) is 6.54 Å². The van der Waals surface area contributed by atoms with Crippen LogP contribution in [0, 0.1) is 0 Å². The largest absolute Gasteiger partial charge is 0.362 e. The molecule has 0 spiro atoms. The summed E-state index contributed by atoms with van der Waals surface area (Å²) in [6, 6.07) is 20.4. The third-order valence-electron chi connectivity index (χ3n) is 3.31. The Bertz CT molecular complexity index is 601. The zero-order chi connectivity index (χ0) is 15.8. The lowest BCUT2D eigenvalue weighted by molar-refractivity contribution is 0.754. The molecule has 0 aromatic heterocycles. The molecule has 2 nitrogen and oxygen atoms in total. The molecule has 2 aromatic rings. The molecule has 2 N–H and O–H groups in total. The van der Waals surface area contributed by atoms with Gasteiger partial charge in [0.25, 0.3) is 0 Å². The van der Waals surface area contributed by atoms with Crippen molar-refractivity contribution in [3.05, 3.63) is 60.7 Å². The van der Waals surface area contributed by atoms with E-state index in [-0.39, 0.29) is 0 Å². The van der Waals surface area contributed by atoms with Crippen molar-refractivity contribution in [2.45, 2.75) is 19.8 Å². The van der Waals surface area contributed by atoms with Gasteiger partial charge in [-0.15, -0.1) is 0 Å². The van der Waals surface area contributed by atoms with Gasteiger partial charge >= 0.3 is 0 Å². The van der Waals surface area contributed by atoms with Gasteiger partial charge in [-0.2, -0.15) is 0 Å². The molecule has 0 radical (unpaired) electrons. The maximum atomic E-state index is 6.06. The summed E-state index contributed by atoms with van der Waals surface area (Å²) in [6.45, 7) is 3.04. The standard InChI is InChI=1S/C17H21N2PS2/c1-2-3-14-18-17(21)19-20(22,15-10-6-4-7-11-15)16-12-8-5-9-13-16/h4-13H,2-3,14H2,1H3,(H2,18,19,21,22). The predicted molar refractivity (Wildman–Crippen MR) is 105 cm³/mol. The smallest absolute Gasteiger partial charge is 0.170 e. The van der Waals surface area contributed by atoms with Gasteiger partial charge in [0.1, 0.15) is 0 Å². The van der Waals surface area contributed by atoms with Crippen LogP contribution in [0.4, 0.5) is 0 Å². The molecule has 0 saturated heterocycles. The van der Waals surface area contributed by atoms with Crippen molar-refractivity contribution in [1.29, 1.82) is 0 Å². The average Bonchev–Trinajstić information content (AvgIpc) is 2.56. The zero-order valence-electron chi connectivity index (χ0n) is 12.7. The second-order valence-corrected chi connectivity index (χ2v) is 9.53. The van der Waals surface area contributed by atoms with Gasteiger partial charge in [0.2, 0.25) is 0 Å². The first-order chi connectivity index (χ1) is 10.7. The van der Waals surface area contributed by atoms with E-state index in [9.17, 15) is 0 Å². The first kappa shape index (κ1) is 17.1. The molecule has 116 valence electrons. The quantitative estimate of drug-likeness (QED) is 0.475. The predicted octanol–water partition coefficient (Wildman–Crippen LogP) is 3.30. The molecule has 0 unspecified atom stereocenters. The van der Waals surface area contributed by atoms with Crippen LogP contribution in [0.2, 0.25) is 0 Å². The summed E-state index contributed by atoms with van der Waals surface area (Å²) in [4.78, 5) is 0. The third kappa shape index (κ3) is 4.39. The molecule has 2 rings (SSSR count). The van der Waals surface area contributed by atoms with E-state index in [1.165, 1.54) is 0 Å². The Hall–Kier alpha value is -1.22. The van der Waals surface area contributed by atoms with Gasteiger partial charge in [-0.05, 0) is 18.6 Å². The van der Waals surface area contributed by atoms with Crippen molar-refractivity contribution < 1.29 is 0 Å². The summed E-state index contributed by atoms with van der Waals surface area (Å²) in [5.41, 5.74) is 0. The summed E-state index contributed by atoms with van der Waals surface area (Å²) >= 11 is 11.5. The van der Waals surface area contributed by atoms with E-state index in [1.54, 1.807) is 0 Å². The number of hydrogen-bond donors (Lipinski definition) is 2. The number of hydrogen-bond acceptors (Lipinski definition) is 2. The van der Waals surface area contributed by atoms with Gasteiger partial charge in [-0.3, -0.25) is 0 Å². The summed E-state index contributed by atoms with van der Waals surface area (Å²) < 4.78 is 0. The van der Waals surface area contributed by atoms with Crippen LogP contribution in [0.25, 0.3) is 0 Å². The highest BCUT2D eigenvalue weighted by atomic mass is 32.4. The SMILES string of the molecule is CCCCNC(=S)NP(=S)(c1ccccc1)c1ccccc1. The highest BCUT2D eigenvalue weighted by Crippen LogP contribution is 2.38. The van der Waals surface area contributed by atoms with Crippen LogP contribution in [-0.2, 0) is 11.8 Å². The normalized spacial score (nSPS) is 11.0. The van der Waals surface area contributed by atoms with Gasteiger partial charge < -0.3 is 10.4 Å². The van der Waals surface area contributed by atoms with Crippen molar-refractivity contribution in [2.24, 2.45) is 0 Å². The number of nitrogens with one attached hydrogen (secondary N) is 2. The molecule has 0 bridgehead atoms. The molecule has 5 heteroatoms. The van der Waals surface area contributed by atoms with E-state index >= 15 is 0 Å². The Morgan fingerprint density at radius 1 is 0.955 bits per heavy atom. The fraction of sp³-hybridized carbons (Fsp3) is 0.235. The van der Waals surface area contributed by atoms with E-state index in [0.29, 0.717) is 5.11 Å². The second kappa shape index (κ2) is 8.42. The lowest BCUT2D eigenvalue weighted by Gasteiger charge is -2.26. The second-order valence-electron chi connectivity index (χ2n) is 5.00. The summed E-state index contributed by atoms with van der Waals surface area (Å²) in [7, 11) is 0. The Kier molecular flexibility index (Phi) is 6.56. The summed E-state index contributed by atoms with van der Waals surface area (Å²) in [6.07, 6.45) is 0.0894. The maximum absolute atomic E-state index is 6.06. The van der Waals surface area contributed by atoms with Crippen LogP contribution in [0.15, 0.2) is 60.7 Å². The molecule has 0 amide bonds.